The second-order valence-corrected chi connectivity index (χ2v) is 9.24. The first kappa shape index (κ1) is 21.3. The Balaban J connectivity index is 1.48. The van der Waals surface area contributed by atoms with Gasteiger partial charge in [-0.15, -0.1) is 0 Å². The van der Waals surface area contributed by atoms with Gasteiger partial charge >= 0.3 is 0 Å². The molecule has 0 atom stereocenters. The Morgan fingerprint density at radius 2 is 1.83 bits per heavy atom. The molecule has 1 N–H and O–H groups in total. The Labute approximate surface area is 172 Å². The van der Waals surface area contributed by atoms with Crippen LogP contribution in [0.4, 0.5) is 0 Å². The van der Waals surface area contributed by atoms with E-state index in [1.807, 2.05) is 24.3 Å². The normalized spacial score (nSPS) is 14.2. The van der Waals surface area contributed by atoms with Crippen molar-refractivity contribution < 1.29 is 17.9 Å². The third-order valence-corrected chi connectivity index (χ3v) is 6.84. The highest BCUT2D eigenvalue weighted by Gasteiger charge is 2.26. The van der Waals surface area contributed by atoms with Crippen molar-refractivity contribution in [2.24, 2.45) is 0 Å². The molecule has 0 saturated heterocycles. The van der Waals surface area contributed by atoms with Gasteiger partial charge in [-0.1, -0.05) is 37.6 Å². The zero-order chi connectivity index (χ0) is 20.7. The number of ether oxygens (including phenoxy) is 1. The molecule has 7 heteroatoms. The van der Waals surface area contributed by atoms with Crippen molar-refractivity contribution in [2.75, 3.05) is 25.4 Å². The lowest BCUT2D eigenvalue weighted by Gasteiger charge is -2.28. The van der Waals surface area contributed by atoms with Crippen LogP contribution in [0, 0.1) is 0 Å². The fraction of sp³-hybridized carbons (Fsp3) is 0.409. The third kappa shape index (κ3) is 5.81. The zero-order valence-electron chi connectivity index (χ0n) is 16.8. The molecule has 0 spiro atoms. The minimum Gasteiger partial charge on any atom is -0.494 e. The standard InChI is InChI=1S/C22H28N2O4S/c1-2-3-15-28-21-10-8-19(9-11-21)22(25)23-13-16-29(26,27)24-14-12-18-6-4-5-7-20(18)17-24/h4-11H,2-3,12-17H2,1H3,(H,23,25). The lowest BCUT2D eigenvalue weighted by atomic mass is 10.0. The number of benzene rings is 2. The minimum atomic E-state index is -3.42. The van der Waals surface area contributed by atoms with E-state index in [2.05, 4.69) is 12.2 Å². The molecule has 0 radical (unpaired) electrons. The van der Waals surface area contributed by atoms with Crippen LogP contribution < -0.4 is 10.1 Å². The molecule has 0 saturated carbocycles. The van der Waals surface area contributed by atoms with Crippen LogP contribution in [-0.4, -0.2) is 44.1 Å². The van der Waals surface area contributed by atoms with Gasteiger partial charge in [0.2, 0.25) is 10.0 Å². The molecule has 0 aliphatic carbocycles. The van der Waals surface area contributed by atoms with Crippen LogP contribution in [0.25, 0.3) is 0 Å². The number of hydrogen-bond donors (Lipinski definition) is 1. The molecule has 1 amide bonds. The summed E-state index contributed by atoms with van der Waals surface area (Å²) in [6.07, 6.45) is 2.76. The number of nitrogens with zero attached hydrogens (tertiary/aromatic N) is 1. The maximum absolute atomic E-state index is 12.6. The van der Waals surface area contributed by atoms with E-state index in [1.54, 1.807) is 24.3 Å². The molecule has 6 nitrogen and oxygen atoms in total. The zero-order valence-corrected chi connectivity index (χ0v) is 17.6. The van der Waals surface area contributed by atoms with Gasteiger partial charge in [0.05, 0.1) is 12.4 Å². The first-order valence-electron chi connectivity index (χ1n) is 10.1. The molecule has 0 aromatic heterocycles. The molecule has 2 aromatic rings. The van der Waals surface area contributed by atoms with Crippen molar-refractivity contribution in [1.29, 1.82) is 0 Å². The number of fused-ring (bicyclic) bond motifs is 1. The fourth-order valence-corrected chi connectivity index (χ4v) is 4.59. The third-order valence-electron chi connectivity index (χ3n) is 5.02. The van der Waals surface area contributed by atoms with E-state index in [4.69, 9.17) is 4.74 Å². The molecule has 0 unspecified atom stereocenters. The van der Waals surface area contributed by atoms with Gasteiger partial charge in [0.25, 0.3) is 5.91 Å². The van der Waals surface area contributed by atoms with Gasteiger partial charge < -0.3 is 10.1 Å². The molecular weight excluding hydrogens is 388 g/mol. The number of sulfonamides is 1. The predicted molar refractivity (Wildman–Crippen MR) is 114 cm³/mol. The van der Waals surface area contributed by atoms with Crippen LogP contribution in [0.5, 0.6) is 5.75 Å². The summed E-state index contributed by atoms with van der Waals surface area (Å²) in [6.45, 7) is 3.70. The number of amides is 1. The van der Waals surface area contributed by atoms with Gasteiger partial charge in [-0.05, 0) is 48.2 Å². The largest absolute Gasteiger partial charge is 0.494 e. The molecular formula is C22H28N2O4S. The van der Waals surface area contributed by atoms with E-state index in [9.17, 15) is 13.2 Å². The number of hydrogen-bond acceptors (Lipinski definition) is 4. The topological polar surface area (TPSA) is 75.7 Å². The molecule has 2 aromatic carbocycles. The van der Waals surface area contributed by atoms with Crippen LogP contribution in [-0.2, 0) is 23.0 Å². The van der Waals surface area contributed by atoms with Crippen molar-refractivity contribution >= 4 is 15.9 Å². The summed E-state index contributed by atoms with van der Waals surface area (Å²) in [5.41, 5.74) is 2.74. The Hall–Kier alpha value is -2.38. The number of carbonyl (C=O) groups is 1. The number of rotatable bonds is 9. The minimum absolute atomic E-state index is 0.0774. The highest BCUT2D eigenvalue weighted by Crippen LogP contribution is 2.21. The van der Waals surface area contributed by atoms with Crippen molar-refractivity contribution in [2.45, 2.75) is 32.7 Å². The lowest BCUT2D eigenvalue weighted by molar-refractivity contribution is 0.0956. The summed E-state index contributed by atoms with van der Waals surface area (Å²) >= 11 is 0. The summed E-state index contributed by atoms with van der Waals surface area (Å²) in [7, 11) is -3.42. The first-order valence-corrected chi connectivity index (χ1v) is 11.7. The van der Waals surface area contributed by atoms with E-state index in [-0.39, 0.29) is 18.2 Å². The Morgan fingerprint density at radius 3 is 2.55 bits per heavy atom. The molecule has 1 aliphatic rings. The second kappa shape index (κ2) is 9.89. The van der Waals surface area contributed by atoms with Crippen molar-refractivity contribution in [3.63, 3.8) is 0 Å². The summed E-state index contributed by atoms with van der Waals surface area (Å²) in [4.78, 5) is 12.3. The van der Waals surface area contributed by atoms with E-state index in [0.717, 1.165) is 24.2 Å². The Bertz CT molecular complexity index is 926. The summed E-state index contributed by atoms with van der Waals surface area (Å²) in [6, 6.07) is 14.8. The maximum atomic E-state index is 12.6. The summed E-state index contributed by atoms with van der Waals surface area (Å²) < 4.78 is 32.4. The van der Waals surface area contributed by atoms with Crippen LogP contribution in [0.3, 0.4) is 0 Å². The molecule has 1 aliphatic heterocycles. The van der Waals surface area contributed by atoms with Gasteiger partial charge in [-0.25, -0.2) is 8.42 Å². The lowest BCUT2D eigenvalue weighted by Crippen LogP contribution is -2.40. The summed E-state index contributed by atoms with van der Waals surface area (Å²) in [5.74, 6) is 0.325. The molecule has 0 bridgehead atoms. The monoisotopic (exact) mass is 416 g/mol. The van der Waals surface area contributed by atoms with Gasteiger partial charge in [-0.2, -0.15) is 4.31 Å². The van der Waals surface area contributed by atoms with Crippen LogP contribution in [0.2, 0.25) is 0 Å². The maximum Gasteiger partial charge on any atom is 0.251 e. The van der Waals surface area contributed by atoms with E-state index in [1.165, 1.54) is 9.87 Å². The Kier molecular flexibility index (Phi) is 7.28. The fourth-order valence-electron chi connectivity index (χ4n) is 3.27. The van der Waals surface area contributed by atoms with Crippen molar-refractivity contribution in [3.05, 3.63) is 65.2 Å². The molecule has 3 rings (SSSR count). The van der Waals surface area contributed by atoms with Gasteiger partial charge in [0.15, 0.2) is 0 Å². The van der Waals surface area contributed by atoms with Gasteiger partial charge in [0, 0.05) is 25.2 Å². The van der Waals surface area contributed by atoms with Crippen LogP contribution in [0.1, 0.15) is 41.3 Å². The second-order valence-electron chi connectivity index (χ2n) is 7.15. The number of unbranched alkanes of at least 4 members (excludes halogenated alkanes) is 1. The van der Waals surface area contributed by atoms with Crippen LogP contribution >= 0.6 is 0 Å². The van der Waals surface area contributed by atoms with E-state index < -0.39 is 10.0 Å². The average Bonchev–Trinajstić information content (AvgIpc) is 2.74. The van der Waals surface area contributed by atoms with Crippen LogP contribution in [0.15, 0.2) is 48.5 Å². The molecule has 0 fully saturated rings. The SMILES string of the molecule is CCCCOc1ccc(C(=O)NCCS(=O)(=O)N2CCc3ccccc3C2)cc1. The van der Waals surface area contributed by atoms with Crippen molar-refractivity contribution in [1.82, 2.24) is 9.62 Å². The van der Waals surface area contributed by atoms with Gasteiger partial charge in [-0.3, -0.25) is 4.79 Å². The van der Waals surface area contributed by atoms with Crippen molar-refractivity contribution in [3.8, 4) is 5.75 Å². The van der Waals surface area contributed by atoms with E-state index in [0.29, 0.717) is 31.7 Å². The summed E-state index contributed by atoms with van der Waals surface area (Å²) in [5, 5.41) is 2.70. The highest BCUT2D eigenvalue weighted by molar-refractivity contribution is 7.89. The number of carbonyl (C=O) groups excluding carboxylic acids is 1. The Morgan fingerprint density at radius 1 is 1.10 bits per heavy atom. The quantitative estimate of drug-likeness (QED) is 0.638. The molecule has 29 heavy (non-hydrogen) atoms. The first-order chi connectivity index (χ1) is 14.0. The smallest absolute Gasteiger partial charge is 0.251 e. The van der Waals surface area contributed by atoms with E-state index >= 15 is 0 Å². The average molecular weight is 417 g/mol. The molecule has 1 heterocycles. The predicted octanol–water partition coefficient (Wildman–Crippen LogP) is 2.98. The molecule has 156 valence electrons. The number of nitrogens with one attached hydrogen (secondary N) is 1. The van der Waals surface area contributed by atoms with Gasteiger partial charge in [0.1, 0.15) is 5.75 Å². The highest BCUT2D eigenvalue weighted by atomic mass is 32.2.